The highest BCUT2D eigenvalue weighted by Crippen LogP contribution is 2.27. The monoisotopic (exact) mass is 321 g/mol. The molecule has 1 aliphatic heterocycles. The van der Waals surface area contributed by atoms with Gasteiger partial charge in [-0.25, -0.2) is 12.8 Å². The van der Waals surface area contributed by atoms with E-state index in [2.05, 4.69) is 0 Å². The standard InChI is InChI=1S/C12H13ClFNO4S/c13-9-1-2-10(14)11(7-9)20(18,19)15-5-3-8(4-6-15)12(16)17/h1-2,7-8H,3-6H2,(H,16,17). The molecule has 1 aliphatic rings. The van der Waals surface area contributed by atoms with E-state index in [1.807, 2.05) is 0 Å². The van der Waals surface area contributed by atoms with Crippen molar-refractivity contribution in [1.29, 1.82) is 0 Å². The molecule has 1 heterocycles. The molecule has 1 fully saturated rings. The average molecular weight is 322 g/mol. The quantitative estimate of drug-likeness (QED) is 0.923. The van der Waals surface area contributed by atoms with Gasteiger partial charge in [-0.3, -0.25) is 4.79 Å². The highest BCUT2D eigenvalue weighted by atomic mass is 35.5. The van der Waals surface area contributed by atoms with Crippen molar-refractivity contribution in [2.24, 2.45) is 5.92 Å². The second-order valence-electron chi connectivity index (χ2n) is 4.59. The first-order valence-corrected chi connectivity index (χ1v) is 7.82. The Morgan fingerprint density at radius 3 is 2.50 bits per heavy atom. The van der Waals surface area contributed by atoms with Crippen LogP contribution in [0.5, 0.6) is 0 Å². The van der Waals surface area contributed by atoms with Crippen molar-refractivity contribution in [3.8, 4) is 0 Å². The molecule has 0 bridgehead atoms. The minimum absolute atomic E-state index is 0.0608. The maximum atomic E-state index is 13.7. The summed E-state index contributed by atoms with van der Waals surface area (Å²) >= 11 is 5.70. The van der Waals surface area contributed by atoms with Crippen molar-refractivity contribution in [3.05, 3.63) is 29.0 Å². The van der Waals surface area contributed by atoms with Crippen molar-refractivity contribution in [1.82, 2.24) is 4.31 Å². The van der Waals surface area contributed by atoms with Gasteiger partial charge in [0.25, 0.3) is 0 Å². The number of carboxylic acids is 1. The number of halogens is 2. The molecular weight excluding hydrogens is 309 g/mol. The number of hydrogen-bond donors (Lipinski definition) is 1. The van der Waals surface area contributed by atoms with Crippen molar-refractivity contribution in [2.75, 3.05) is 13.1 Å². The molecule has 20 heavy (non-hydrogen) atoms. The molecule has 5 nitrogen and oxygen atoms in total. The van der Waals surface area contributed by atoms with Crippen LogP contribution in [0, 0.1) is 11.7 Å². The molecule has 0 radical (unpaired) electrons. The van der Waals surface area contributed by atoms with E-state index in [0.29, 0.717) is 0 Å². The van der Waals surface area contributed by atoms with Crippen LogP contribution >= 0.6 is 11.6 Å². The van der Waals surface area contributed by atoms with Crippen LogP contribution in [0.3, 0.4) is 0 Å². The second kappa shape index (κ2) is 5.67. The van der Waals surface area contributed by atoms with Crippen molar-refractivity contribution in [3.63, 3.8) is 0 Å². The highest BCUT2D eigenvalue weighted by molar-refractivity contribution is 7.89. The number of carboxylic acid groups (broad SMARTS) is 1. The lowest BCUT2D eigenvalue weighted by molar-refractivity contribution is -0.142. The van der Waals surface area contributed by atoms with Crippen molar-refractivity contribution < 1.29 is 22.7 Å². The Kier molecular flexibility index (Phi) is 4.31. The topological polar surface area (TPSA) is 74.7 Å². The summed E-state index contributed by atoms with van der Waals surface area (Å²) in [7, 11) is -3.98. The third kappa shape index (κ3) is 2.94. The summed E-state index contributed by atoms with van der Waals surface area (Å²) in [5.74, 6) is -2.35. The molecule has 2 rings (SSSR count). The number of piperidine rings is 1. The summed E-state index contributed by atoms with van der Waals surface area (Å²) in [4.78, 5) is 10.4. The lowest BCUT2D eigenvalue weighted by Crippen LogP contribution is -2.40. The number of nitrogens with zero attached hydrogens (tertiary/aromatic N) is 1. The van der Waals surface area contributed by atoms with Gasteiger partial charge in [0.1, 0.15) is 10.7 Å². The molecule has 1 saturated heterocycles. The molecule has 8 heteroatoms. The molecule has 0 aliphatic carbocycles. The second-order valence-corrected chi connectivity index (χ2v) is 6.93. The third-order valence-corrected chi connectivity index (χ3v) is 5.46. The van der Waals surface area contributed by atoms with Crippen LogP contribution in [-0.4, -0.2) is 36.9 Å². The van der Waals surface area contributed by atoms with Gasteiger partial charge < -0.3 is 5.11 Å². The molecular formula is C12H13ClFNO4S. The zero-order valence-electron chi connectivity index (χ0n) is 10.4. The largest absolute Gasteiger partial charge is 0.481 e. The molecule has 0 aromatic heterocycles. The number of rotatable bonds is 3. The number of aliphatic carboxylic acids is 1. The van der Waals surface area contributed by atoms with Gasteiger partial charge in [0.05, 0.1) is 5.92 Å². The number of hydrogen-bond acceptors (Lipinski definition) is 3. The fourth-order valence-electron chi connectivity index (χ4n) is 2.16. The van der Waals surface area contributed by atoms with Gasteiger partial charge in [-0.15, -0.1) is 0 Å². The summed E-state index contributed by atoms with van der Waals surface area (Å²) in [6.45, 7) is 0.122. The van der Waals surface area contributed by atoms with Crippen LogP contribution in [0.2, 0.25) is 5.02 Å². The number of carbonyl (C=O) groups is 1. The van der Waals surface area contributed by atoms with Crippen molar-refractivity contribution in [2.45, 2.75) is 17.7 Å². The van der Waals surface area contributed by atoms with Crippen LogP contribution in [0.15, 0.2) is 23.1 Å². The predicted molar refractivity (Wildman–Crippen MR) is 70.5 cm³/mol. The molecule has 1 aromatic carbocycles. The summed E-state index contributed by atoms with van der Waals surface area (Å²) in [6, 6.07) is 3.33. The zero-order valence-corrected chi connectivity index (χ0v) is 12.0. The van der Waals surface area contributed by atoms with Crippen LogP contribution in [0.1, 0.15) is 12.8 Å². The van der Waals surface area contributed by atoms with Crippen LogP contribution in [-0.2, 0) is 14.8 Å². The molecule has 0 spiro atoms. The van der Waals surface area contributed by atoms with Gasteiger partial charge in [-0.2, -0.15) is 4.31 Å². The van der Waals surface area contributed by atoms with Gasteiger partial charge in [0.2, 0.25) is 10.0 Å². The fraction of sp³-hybridized carbons (Fsp3) is 0.417. The summed E-state index contributed by atoms with van der Waals surface area (Å²) in [6.07, 6.45) is 0.438. The SMILES string of the molecule is O=C(O)C1CCN(S(=O)(=O)c2cc(Cl)ccc2F)CC1. The van der Waals surface area contributed by atoms with E-state index >= 15 is 0 Å². The van der Waals surface area contributed by atoms with E-state index in [1.165, 1.54) is 6.07 Å². The summed E-state index contributed by atoms with van der Waals surface area (Å²) < 4.78 is 39.4. The molecule has 1 N–H and O–H groups in total. The third-order valence-electron chi connectivity index (χ3n) is 3.31. The number of benzene rings is 1. The Morgan fingerprint density at radius 1 is 1.35 bits per heavy atom. The highest BCUT2D eigenvalue weighted by Gasteiger charge is 2.33. The Hall–Kier alpha value is -1.18. The minimum atomic E-state index is -3.98. The lowest BCUT2D eigenvalue weighted by Gasteiger charge is -2.29. The predicted octanol–water partition coefficient (Wildman–Crippen LogP) is 1.96. The summed E-state index contributed by atoms with van der Waals surface area (Å²) in [5.41, 5.74) is 0. The van der Waals surface area contributed by atoms with E-state index in [0.717, 1.165) is 16.4 Å². The maximum absolute atomic E-state index is 13.7. The minimum Gasteiger partial charge on any atom is -0.481 e. The molecule has 1 aromatic rings. The Labute approximate surface area is 121 Å². The Bertz CT molecular complexity index is 626. The van der Waals surface area contributed by atoms with Gasteiger partial charge >= 0.3 is 5.97 Å². The first kappa shape index (κ1) is 15.2. The van der Waals surface area contributed by atoms with E-state index in [4.69, 9.17) is 16.7 Å². The first-order valence-electron chi connectivity index (χ1n) is 6.00. The molecule has 110 valence electrons. The maximum Gasteiger partial charge on any atom is 0.306 e. The van der Waals surface area contributed by atoms with E-state index < -0.39 is 32.6 Å². The molecule has 0 amide bonds. The van der Waals surface area contributed by atoms with Gasteiger partial charge in [-0.1, -0.05) is 11.6 Å². The fourth-order valence-corrected chi connectivity index (χ4v) is 3.95. The summed E-state index contributed by atoms with van der Waals surface area (Å²) in [5, 5.41) is 9.01. The normalized spacial score (nSPS) is 18.1. The smallest absolute Gasteiger partial charge is 0.306 e. The first-order chi connectivity index (χ1) is 9.32. The Balaban J connectivity index is 2.24. The van der Waals surface area contributed by atoms with E-state index in [1.54, 1.807) is 0 Å². The molecule has 0 saturated carbocycles. The Morgan fingerprint density at radius 2 is 1.95 bits per heavy atom. The zero-order chi connectivity index (χ0) is 14.9. The lowest BCUT2D eigenvalue weighted by atomic mass is 9.99. The van der Waals surface area contributed by atoms with E-state index in [9.17, 15) is 17.6 Å². The molecule has 0 atom stereocenters. The van der Waals surface area contributed by atoms with Gasteiger partial charge in [0.15, 0.2) is 0 Å². The van der Waals surface area contributed by atoms with E-state index in [-0.39, 0.29) is 31.0 Å². The van der Waals surface area contributed by atoms with Gasteiger partial charge in [0, 0.05) is 18.1 Å². The van der Waals surface area contributed by atoms with Crippen LogP contribution in [0.4, 0.5) is 4.39 Å². The van der Waals surface area contributed by atoms with Crippen molar-refractivity contribution >= 4 is 27.6 Å². The van der Waals surface area contributed by atoms with Crippen LogP contribution in [0.25, 0.3) is 0 Å². The van der Waals surface area contributed by atoms with Gasteiger partial charge in [-0.05, 0) is 31.0 Å². The number of sulfonamides is 1. The van der Waals surface area contributed by atoms with Crippen LogP contribution < -0.4 is 0 Å². The molecule has 0 unspecified atom stereocenters. The average Bonchev–Trinajstić information content (AvgIpc) is 2.41.